The van der Waals surface area contributed by atoms with Crippen LogP contribution in [0.1, 0.15) is 18.4 Å². The molecule has 0 heterocycles. The maximum absolute atomic E-state index is 13.1. The van der Waals surface area contributed by atoms with E-state index in [1.807, 2.05) is 0 Å². The first kappa shape index (κ1) is 13.5. The highest BCUT2D eigenvalue weighted by Crippen LogP contribution is 2.03. The van der Waals surface area contributed by atoms with Crippen LogP contribution in [0.15, 0.2) is 24.3 Å². The molecule has 0 aliphatic heterocycles. The molecule has 17 heavy (non-hydrogen) atoms. The largest absolute Gasteiger partial charge is 0.345 e. The first-order valence-corrected chi connectivity index (χ1v) is 5.83. The van der Waals surface area contributed by atoms with Gasteiger partial charge in [0.1, 0.15) is 5.82 Å². The highest BCUT2D eigenvalue weighted by molar-refractivity contribution is 6.17. The highest BCUT2D eigenvalue weighted by atomic mass is 35.5. The van der Waals surface area contributed by atoms with Gasteiger partial charge < -0.3 is 5.32 Å². The molecular weight excluding hydrogens is 241 g/mol. The van der Waals surface area contributed by atoms with Gasteiger partial charge in [-0.3, -0.25) is 4.79 Å². The summed E-state index contributed by atoms with van der Waals surface area (Å²) in [5, 5.41) is 2.61. The molecule has 0 unspecified atom stereocenters. The highest BCUT2D eigenvalue weighted by Gasteiger charge is 1.98. The normalized spacial score (nSPS) is 9.29. The second-order valence-corrected chi connectivity index (χ2v) is 3.73. The molecule has 90 valence electrons. The Morgan fingerprint density at radius 2 is 2.18 bits per heavy atom. The summed E-state index contributed by atoms with van der Waals surface area (Å²) < 4.78 is 13.1. The molecule has 0 bridgehead atoms. The fourth-order valence-corrected chi connectivity index (χ4v) is 1.29. The van der Waals surface area contributed by atoms with Gasteiger partial charge in [0.25, 0.3) is 0 Å². The monoisotopic (exact) mass is 253 g/mol. The summed E-state index contributed by atoms with van der Waals surface area (Å²) in [5.41, 5.74) is 0.336. The minimum atomic E-state index is -0.353. The van der Waals surface area contributed by atoms with E-state index in [0.717, 1.165) is 0 Å². The number of carbonyl (C=O) groups excluding carboxylic acids is 1. The molecule has 0 saturated heterocycles. The van der Waals surface area contributed by atoms with Gasteiger partial charge in [0.15, 0.2) is 0 Å². The van der Waals surface area contributed by atoms with E-state index in [0.29, 0.717) is 24.3 Å². The Balaban J connectivity index is 2.37. The van der Waals surface area contributed by atoms with E-state index in [2.05, 4.69) is 17.2 Å². The summed E-state index contributed by atoms with van der Waals surface area (Å²) in [6.45, 7) is 0.218. The van der Waals surface area contributed by atoms with Crippen molar-refractivity contribution in [2.75, 3.05) is 12.4 Å². The van der Waals surface area contributed by atoms with Crippen molar-refractivity contribution in [3.63, 3.8) is 0 Å². The third-order valence-corrected chi connectivity index (χ3v) is 2.28. The second-order valence-electron chi connectivity index (χ2n) is 3.35. The molecule has 0 fully saturated rings. The summed E-state index contributed by atoms with van der Waals surface area (Å²) >= 11 is 5.45. The molecular formula is C13H13ClFNO. The van der Waals surface area contributed by atoms with E-state index in [9.17, 15) is 9.18 Å². The fourth-order valence-electron chi connectivity index (χ4n) is 1.16. The van der Waals surface area contributed by atoms with Crippen LogP contribution in [0.2, 0.25) is 0 Å². The van der Waals surface area contributed by atoms with Crippen LogP contribution in [0.25, 0.3) is 0 Å². The molecule has 0 aliphatic carbocycles. The molecule has 1 aromatic carbocycles. The number of nitrogens with one attached hydrogen (secondary N) is 1. The molecule has 0 atom stereocenters. The van der Waals surface area contributed by atoms with Crippen molar-refractivity contribution in [1.29, 1.82) is 0 Å². The number of hydrogen-bond donors (Lipinski definition) is 1. The number of halogens is 2. The van der Waals surface area contributed by atoms with Crippen LogP contribution >= 0.6 is 11.6 Å². The topological polar surface area (TPSA) is 29.1 Å². The average molecular weight is 254 g/mol. The summed E-state index contributed by atoms with van der Waals surface area (Å²) in [6, 6.07) is 6.27. The van der Waals surface area contributed by atoms with E-state index in [1.165, 1.54) is 6.07 Å². The van der Waals surface area contributed by atoms with Crippen molar-refractivity contribution in [1.82, 2.24) is 5.32 Å². The summed E-state index contributed by atoms with van der Waals surface area (Å²) in [7, 11) is 0. The van der Waals surface area contributed by atoms with Crippen molar-refractivity contribution in [2.45, 2.75) is 12.8 Å². The summed E-state index contributed by atoms with van der Waals surface area (Å²) in [4.78, 5) is 11.2. The van der Waals surface area contributed by atoms with E-state index in [1.54, 1.807) is 18.2 Å². The Labute approximate surface area is 105 Å². The van der Waals surface area contributed by atoms with Crippen molar-refractivity contribution in [2.24, 2.45) is 0 Å². The number of rotatable bonds is 4. The van der Waals surface area contributed by atoms with Crippen LogP contribution in [0.3, 0.4) is 0 Å². The van der Waals surface area contributed by atoms with Gasteiger partial charge in [0.2, 0.25) is 5.91 Å². The Kier molecular flexibility index (Phi) is 6.13. The summed E-state index contributed by atoms with van der Waals surface area (Å²) in [6.07, 6.45) is 1.04. The van der Waals surface area contributed by atoms with E-state index < -0.39 is 0 Å². The third-order valence-electron chi connectivity index (χ3n) is 2.01. The van der Waals surface area contributed by atoms with Crippen LogP contribution in [-0.2, 0) is 4.79 Å². The van der Waals surface area contributed by atoms with Crippen LogP contribution in [-0.4, -0.2) is 18.3 Å². The zero-order chi connectivity index (χ0) is 12.5. The Bertz CT molecular complexity index is 437. The lowest BCUT2D eigenvalue weighted by Crippen LogP contribution is -2.23. The van der Waals surface area contributed by atoms with Gasteiger partial charge in [-0.2, -0.15) is 0 Å². The van der Waals surface area contributed by atoms with Crippen LogP contribution in [0, 0.1) is 17.7 Å². The lowest BCUT2D eigenvalue weighted by Gasteiger charge is -1.98. The average Bonchev–Trinajstić information content (AvgIpc) is 2.34. The zero-order valence-corrected chi connectivity index (χ0v) is 10.1. The lowest BCUT2D eigenvalue weighted by molar-refractivity contribution is -0.120. The molecule has 0 aromatic heterocycles. The standard InChI is InChI=1S/C13H13ClFNO/c14-9-3-8-13(17)16-10-4-6-11-5-1-2-7-12(11)15/h1-2,5,7H,3,8-10H2,(H,16,17). The van der Waals surface area contributed by atoms with Gasteiger partial charge >= 0.3 is 0 Å². The Morgan fingerprint density at radius 1 is 1.41 bits per heavy atom. The number of hydrogen-bond acceptors (Lipinski definition) is 1. The van der Waals surface area contributed by atoms with Gasteiger partial charge in [-0.25, -0.2) is 4.39 Å². The molecule has 0 saturated carbocycles. The third kappa shape index (κ3) is 5.37. The van der Waals surface area contributed by atoms with Crippen LogP contribution < -0.4 is 5.32 Å². The number of carbonyl (C=O) groups is 1. The van der Waals surface area contributed by atoms with E-state index in [4.69, 9.17) is 11.6 Å². The molecule has 1 aromatic rings. The van der Waals surface area contributed by atoms with Gasteiger partial charge in [-0.05, 0) is 18.6 Å². The molecule has 0 aliphatic rings. The first-order chi connectivity index (χ1) is 8.24. The van der Waals surface area contributed by atoms with Crippen molar-refractivity contribution in [3.05, 3.63) is 35.6 Å². The predicted octanol–water partition coefficient (Wildman–Crippen LogP) is 2.31. The minimum Gasteiger partial charge on any atom is -0.345 e. The van der Waals surface area contributed by atoms with Crippen LogP contribution in [0.5, 0.6) is 0 Å². The smallest absolute Gasteiger partial charge is 0.220 e. The Hall–Kier alpha value is -1.53. The molecule has 0 spiro atoms. The molecule has 4 heteroatoms. The van der Waals surface area contributed by atoms with E-state index >= 15 is 0 Å². The number of benzene rings is 1. The van der Waals surface area contributed by atoms with E-state index in [-0.39, 0.29) is 18.3 Å². The van der Waals surface area contributed by atoms with Crippen molar-refractivity contribution >= 4 is 17.5 Å². The second kappa shape index (κ2) is 7.70. The molecule has 1 amide bonds. The predicted molar refractivity (Wildman–Crippen MR) is 66.2 cm³/mol. The van der Waals surface area contributed by atoms with Crippen molar-refractivity contribution < 1.29 is 9.18 Å². The maximum Gasteiger partial charge on any atom is 0.220 e. The van der Waals surface area contributed by atoms with Gasteiger partial charge in [0, 0.05) is 12.3 Å². The van der Waals surface area contributed by atoms with Gasteiger partial charge in [-0.1, -0.05) is 24.0 Å². The molecule has 1 N–H and O–H groups in total. The quantitative estimate of drug-likeness (QED) is 0.648. The van der Waals surface area contributed by atoms with Crippen molar-refractivity contribution in [3.8, 4) is 11.8 Å². The fraction of sp³-hybridized carbons (Fsp3) is 0.308. The van der Waals surface area contributed by atoms with Gasteiger partial charge in [-0.15, -0.1) is 11.6 Å². The molecule has 0 radical (unpaired) electrons. The SMILES string of the molecule is O=C(CCCCl)NCC#Cc1ccccc1F. The molecule has 1 rings (SSSR count). The van der Waals surface area contributed by atoms with Gasteiger partial charge in [0.05, 0.1) is 12.1 Å². The van der Waals surface area contributed by atoms with Crippen LogP contribution in [0.4, 0.5) is 4.39 Å². The maximum atomic E-state index is 13.1. The first-order valence-electron chi connectivity index (χ1n) is 5.30. The Morgan fingerprint density at radius 3 is 2.88 bits per heavy atom. The summed E-state index contributed by atoms with van der Waals surface area (Å²) in [5.74, 6) is 5.38. The molecule has 2 nitrogen and oxygen atoms in total. The lowest BCUT2D eigenvalue weighted by atomic mass is 10.2. The number of amides is 1. The minimum absolute atomic E-state index is 0.0894. The number of alkyl halides is 1. The zero-order valence-electron chi connectivity index (χ0n) is 9.30.